The average Bonchev–Trinajstić information content (AvgIpc) is 2.47. The van der Waals surface area contributed by atoms with Gasteiger partial charge in [-0.25, -0.2) is 4.79 Å². The van der Waals surface area contributed by atoms with Crippen molar-refractivity contribution in [2.75, 3.05) is 13.1 Å². The van der Waals surface area contributed by atoms with Gasteiger partial charge < -0.3 is 14.4 Å². The summed E-state index contributed by atoms with van der Waals surface area (Å²) in [6.45, 7) is 13.4. The largest absolute Gasteiger partial charge is 0.490 e. The average molecular weight is 368 g/mol. The Balaban J connectivity index is 1.98. The van der Waals surface area contributed by atoms with E-state index >= 15 is 0 Å². The molecule has 1 heterocycles. The second-order valence-electron chi connectivity index (χ2n) is 8.68. The molecule has 1 aliphatic heterocycles. The van der Waals surface area contributed by atoms with Crippen molar-refractivity contribution in [2.45, 2.75) is 71.5 Å². The van der Waals surface area contributed by atoms with E-state index in [0.717, 1.165) is 29.2 Å². The lowest BCUT2D eigenvalue weighted by Gasteiger charge is -2.34. The first kappa shape index (κ1) is 19.9. The molecule has 0 atom stereocenters. The summed E-state index contributed by atoms with van der Waals surface area (Å²) in [5.74, 6) is 0.882. The van der Waals surface area contributed by atoms with Crippen LogP contribution in [-0.2, 0) is 10.2 Å². The summed E-state index contributed by atoms with van der Waals surface area (Å²) >= 11 is 6.16. The van der Waals surface area contributed by atoms with E-state index in [9.17, 15) is 4.79 Å². The number of benzene rings is 1. The van der Waals surface area contributed by atoms with Gasteiger partial charge in [-0.05, 0) is 44.4 Å². The number of halogens is 1. The molecule has 1 fully saturated rings. The number of likely N-dealkylation sites (tertiary alicyclic amines) is 1. The molecule has 140 valence electrons. The number of carbonyl (C=O) groups is 1. The number of piperidine rings is 1. The number of hydrogen-bond donors (Lipinski definition) is 0. The van der Waals surface area contributed by atoms with Crippen LogP contribution in [0.3, 0.4) is 0 Å². The van der Waals surface area contributed by atoms with Crippen LogP contribution in [-0.4, -0.2) is 35.8 Å². The van der Waals surface area contributed by atoms with Crippen molar-refractivity contribution < 1.29 is 14.3 Å². The molecule has 5 heteroatoms. The first-order valence-corrected chi connectivity index (χ1v) is 9.28. The van der Waals surface area contributed by atoms with Crippen LogP contribution in [0.4, 0.5) is 4.79 Å². The molecule has 0 unspecified atom stereocenters. The molecule has 1 aromatic carbocycles. The Morgan fingerprint density at radius 3 is 2.24 bits per heavy atom. The molecule has 0 saturated carbocycles. The smallest absolute Gasteiger partial charge is 0.410 e. The van der Waals surface area contributed by atoms with Crippen molar-refractivity contribution in [1.29, 1.82) is 0 Å². The highest BCUT2D eigenvalue weighted by atomic mass is 35.5. The Morgan fingerprint density at radius 2 is 1.72 bits per heavy atom. The van der Waals surface area contributed by atoms with E-state index in [2.05, 4.69) is 20.8 Å². The summed E-state index contributed by atoms with van der Waals surface area (Å²) in [5.41, 5.74) is 0.599. The van der Waals surface area contributed by atoms with Crippen molar-refractivity contribution in [3.05, 3.63) is 28.8 Å². The van der Waals surface area contributed by atoms with Gasteiger partial charge in [-0.15, -0.1) is 0 Å². The quantitative estimate of drug-likeness (QED) is 0.700. The minimum absolute atomic E-state index is 0.0442. The second-order valence-corrected chi connectivity index (χ2v) is 9.11. The zero-order valence-corrected chi connectivity index (χ0v) is 16.9. The summed E-state index contributed by atoms with van der Waals surface area (Å²) in [6.07, 6.45) is 1.45. The van der Waals surface area contributed by atoms with Gasteiger partial charge in [0.1, 0.15) is 17.5 Å². The van der Waals surface area contributed by atoms with Crippen molar-refractivity contribution >= 4 is 17.7 Å². The van der Waals surface area contributed by atoms with Gasteiger partial charge in [0.25, 0.3) is 0 Å². The molecule has 1 aromatic rings. The highest BCUT2D eigenvalue weighted by molar-refractivity contribution is 6.30. The molecule has 0 aliphatic carbocycles. The predicted octanol–water partition coefficient (Wildman–Crippen LogP) is 5.42. The third kappa shape index (κ3) is 5.81. The van der Waals surface area contributed by atoms with Crippen LogP contribution in [0.15, 0.2) is 18.2 Å². The molecule has 4 nitrogen and oxygen atoms in total. The number of hydrogen-bond acceptors (Lipinski definition) is 3. The zero-order chi connectivity index (χ0) is 18.8. The second kappa shape index (κ2) is 7.45. The highest BCUT2D eigenvalue weighted by Crippen LogP contribution is 2.35. The Labute approximate surface area is 156 Å². The van der Waals surface area contributed by atoms with Crippen LogP contribution in [0.25, 0.3) is 0 Å². The summed E-state index contributed by atoms with van der Waals surface area (Å²) in [5, 5.41) is 0.719. The van der Waals surface area contributed by atoms with E-state index in [4.69, 9.17) is 21.1 Å². The van der Waals surface area contributed by atoms with Gasteiger partial charge >= 0.3 is 6.09 Å². The van der Waals surface area contributed by atoms with Crippen LogP contribution in [0.1, 0.15) is 59.9 Å². The SMILES string of the molecule is CC(C)(C)OC(=O)N1CCC(Oc2ccc(Cl)cc2C(C)(C)C)CC1. The lowest BCUT2D eigenvalue weighted by molar-refractivity contribution is 0.0125. The Kier molecular flexibility index (Phi) is 5.93. The third-order valence-electron chi connectivity index (χ3n) is 4.14. The topological polar surface area (TPSA) is 38.8 Å². The van der Waals surface area contributed by atoms with Crippen LogP contribution in [0, 0.1) is 0 Å². The van der Waals surface area contributed by atoms with Crippen molar-refractivity contribution in [1.82, 2.24) is 4.90 Å². The van der Waals surface area contributed by atoms with Gasteiger partial charge in [-0.1, -0.05) is 32.4 Å². The van der Waals surface area contributed by atoms with E-state index in [0.29, 0.717) is 13.1 Å². The van der Waals surface area contributed by atoms with Crippen LogP contribution in [0.2, 0.25) is 5.02 Å². The molecule has 2 rings (SSSR count). The molecule has 0 bridgehead atoms. The van der Waals surface area contributed by atoms with Gasteiger partial charge in [0.2, 0.25) is 0 Å². The molecular weight excluding hydrogens is 338 g/mol. The van der Waals surface area contributed by atoms with Crippen LogP contribution in [0.5, 0.6) is 5.75 Å². The minimum Gasteiger partial charge on any atom is -0.490 e. The molecule has 0 spiro atoms. The van der Waals surface area contributed by atoms with E-state index in [1.165, 1.54) is 0 Å². The van der Waals surface area contributed by atoms with Gasteiger partial charge in [0.15, 0.2) is 0 Å². The fraction of sp³-hybridized carbons (Fsp3) is 0.650. The van der Waals surface area contributed by atoms with E-state index in [1.54, 1.807) is 4.90 Å². The molecule has 0 aromatic heterocycles. The summed E-state index contributed by atoms with van der Waals surface area (Å²) < 4.78 is 11.7. The normalized spacial score (nSPS) is 16.7. The van der Waals surface area contributed by atoms with E-state index in [-0.39, 0.29) is 17.6 Å². The summed E-state index contributed by atoms with van der Waals surface area (Å²) in [4.78, 5) is 13.9. The molecule has 0 radical (unpaired) electrons. The van der Waals surface area contributed by atoms with Crippen molar-refractivity contribution in [3.8, 4) is 5.75 Å². The molecular formula is C20H30ClNO3. The maximum Gasteiger partial charge on any atom is 0.410 e. The van der Waals surface area contributed by atoms with E-state index < -0.39 is 5.60 Å². The Morgan fingerprint density at radius 1 is 1.12 bits per heavy atom. The van der Waals surface area contributed by atoms with Crippen LogP contribution >= 0.6 is 11.6 Å². The number of rotatable bonds is 2. The predicted molar refractivity (Wildman–Crippen MR) is 102 cm³/mol. The number of carbonyl (C=O) groups excluding carboxylic acids is 1. The fourth-order valence-electron chi connectivity index (χ4n) is 2.85. The molecule has 1 saturated heterocycles. The Bertz CT molecular complexity index is 608. The van der Waals surface area contributed by atoms with Gasteiger partial charge in [0, 0.05) is 36.5 Å². The number of nitrogens with zero attached hydrogens (tertiary/aromatic N) is 1. The van der Waals surface area contributed by atoms with Gasteiger partial charge in [0.05, 0.1) is 0 Å². The monoisotopic (exact) mass is 367 g/mol. The Hall–Kier alpha value is -1.42. The van der Waals surface area contributed by atoms with E-state index in [1.807, 2.05) is 39.0 Å². The van der Waals surface area contributed by atoms with Gasteiger partial charge in [-0.3, -0.25) is 0 Å². The number of amides is 1. The van der Waals surface area contributed by atoms with Crippen molar-refractivity contribution in [2.24, 2.45) is 0 Å². The zero-order valence-electron chi connectivity index (χ0n) is 16.2. The van der Waals surface area contributed by atoms with Gasteiger partial charge in [-0.2, -0.15) is 0 Å². The highest BCUT2D eigenvalue weighted by Gasteiger charge is 2.29. The first-order chi connectivity index (χ1) is 11.5. The molecule has 25 heavy (non-hydrogen) atoms. The first-order valence-electron chi connectivity index (χ1n) is 8.90. The standard InChI is InChI=1S/C20H30ClNO3/c1-19(2,3)16-13-14(21)7-8-17(16)24-15-9-11-22(12-10-15)18(23)25-20(4,5)6/h7-8,13,15H,9-12H2,1-6H3. The summed E-state index contributed by atoms with van der Waals surface area (Å²) in [7, 11) is 0. The fourth-order valence-corrected chi connectivity index (χ4v) is 3.03. The maximum absolute atomic E-state index is 12.1. The molecule has 0 N–H and O–H groups in total. The third-order valence-corrected chi connectivity index (χ3v) is 4.37. The lowest BCUT2D eigenvalue weighted by atomic mass is 9.86. The van der Waals surface area contributed by atoms with Crippen LogP contribution < -0.4 is 4.74 Å². The van der Waals surface area contributed by atoms with Crippen molar-refractivity contribution in [3.63, 3.8) is 0 Å². The lowest BCUT2D eigenvalue weighted by Crippen LogP contribution is -2.44. The maximum atomic E-state index is 12.1. The molecule has 1 aliphatic rings. The molecule has 1 amide bonds. The number of ether oxygens (including phenoxy) is 2. The minimum atomic E-state index is -0.463. The summed E-state index contributed by atoms with van der Waals surface area (Å²) in [6, 6.07) is 5.79.